The van der Waals surface area contributed by atoms with Crippen molar-refractivity contribution in [1.82, 2.24) is 4.90 Å². The molecule has 1 rings (SSSR count). The Labute approximate surface area is 107 Å². The van der Waals surface area contributed by atoms with E-state index < -0.39 is 0 Å². The lowest BCUT2D eigenvalue weighted by Gasteiger charge is -2.48. The van der Waals surface area contributed by atoms with Crippen LogP contribution >= 0.6 is 0 Å². The third-order valence-electron chi connectivity index (χ3n) is 4.62. The Hall–Kier alpha value is -0.120. The molecule has 1 saturated carbocycles. The van der Waals surface area contributed by atoms with E-state index in [1.54, 1.807) is 7.11 Å². The number of hydrogen-bond donors (Lipinski definition) is 1. The first-order chi connectivity index (χ1) is 7.79. The number of ether oxygens (including phenoxy) is 1. The third-order valence-corrected chi connectivity index (χ3v) is 4.62. The maximum atomic E-state index is 6.10. The van der Waals surface area contributed by atoms with Gasteiger partial charge in [-0.25, -0.2) is 0 Å². The van der Waals surface area contributed by atoms with E-state index in [1.807, 2.05) is 0 Å². The molecule has 2 N–H and O–H groups in total. The van der Waals surface area contributed by atoms with Crippen molar-refractivity contribution in [3.05, 3.63) is 0 Å². The Balaban J connectivity index is 2.89. The number of hydrogen-bond acceptors (Lipinski definition) is 3. The average Bonchev–Trinajstić information content (AvgIpc) is 3.06. The molecule has 3 heteroatoms. The number of nitrogens with two attached hydrogens (primary N) is 1. The molecule has 1 aliphatic rings. The van der Waals surface area contributed by atoms with Crippen LogP contribution in [0.1, 0.15) is 40.5 Å². The van der Waals surface area contributed by atoms with Crippen molar-refractivity contribution in [1.29, 1.82) is 0 Å². The summed E-state index contributed by atoms with van der Waals surface area (Å²) in [5.74, 6) is 0.710. The fourth-order valence-electron chi connectivity index (χ4n) is 2.71. The fourth-order valence-corrected chi connectivity index (χ4v) is 2.71. The van der Waals surface area contributed by atoms with E-state index in [0.717, 1.165) is 6.61 Å². The zero-order valence-electron chi connectivity index (χ0n) is 12.4. The van der Waals surface area contributed by atoms with Crippen LogP contribution in [-0.2, 0) is 4.74 Å². The molecule has 0 aromatic rings. The Morgan fingerprint density at radius 3 is 2.18 bits per heavy atom. The molecule has 0 spiro atoms. The summed E-state index contributed by atoms with van der Waals surface area (Å²) >= 11 is 0. The molecule has 0 saturated heterocycles. The van der Waals surface area contributed by atoms with E-state index >= 15 is 0 Å². The molecule has 0 aliphatic heterocycles. The summed E-state index contributed by atoms with van der Waals surface area (Å²) in [6.45, 7) is 10.6. The second kappa shape index (κ2) is 5.25. The van der Waals surface area contributed by atoms with Gasteiger partial charge in [0.2, 0.25) is 0 Å². The average molecular weight is 242 g/mol. The van der Waals surface area contributed by atoms with Crippen molar-refractivity contribution in [2.24, 2.45) is 17.1 Å². The van der Waals surface area contributed by atoms with E-state index in [9.17, 15) is 0 Å². The van der Waals surface area contributed by atoms with E-state index in [4.69, 9.17) is 10.5 Å². The zero-order chi connectivity index (χ0) is 13.3. The Bertz CT molecular complexity index is 245. The fraction of sp³-hybridized carbons (Fsp3) is 1.00. The van der Waals surface area contributed by atoms with Crippen LogP contribution in [0.5, 0.6) is 0 Å². The summed E-state index contributed by atoms with van der Waals surface area (Å²) in [6, 6.07) is 0.488. The van der Waals surface area contributed by atoms with Gasteiger partial charge in [0.15, 0.2) is 0 Å². The Morgan fingerprint density at radius 1 is 1.35 bits per heavy atom. The van der Waals surface area contributed by atoms with Crippen LogP contribution in [-0.4, -0.2) is 43.8 Å². The molecule has 3 nitrogen and oxygen atoms in total. The number of rotatable bonds is 6. The normalized spacial score (nSPS) is 22.6. The van der Waals surface area contributed by atoms with Gasteiger partial charge >= 0.3 is 0 Å². The molecule has 2 unspecified atom stereocenters. The monoisotopic (exact) mass is 242 g/mol. The van der Waals surface area contributed by atoms with Crippen molar-refractivity contribution in [3.8, 4) is 0 Å². The highest BCUT2D eigenvalue weighted by Gasteiger charge is 2.49. The lowest BCUT2D eigenvalue weighted by molar-refractivity contribution is -0.0316. The van der Waals surface area contributed by atoms with Crippen LogP contribution < -0.4 is 5.73 Å². The molecule has 0 radical (unpaired) electrons. The Kier molecular flexibility index (Phi) is 4.61. The predicted octanol–water partition coefficient (Wildman–Crippen LogP) is 2.11. The van der Waals surface area contributed by atoms with Gasteiger partial charge in [0.05, 0.1) is 12.1 Å². The first kappa shape index (κ1) is 14.9. The molecule has 2 atom stereocenters. The molecule has 0 aromatic carbocycles. The van der Waals surface area contributed by atoms with Crippen LogP contribution in [0.4, 0.5) is 0 Å². The molecule has 17 heavy (non-hydrogen) atoms. The molecule has 1 aliphatic carbocycles. The van der Waals surface area contributed by atoms with Crippen molar-refractivity contribution in [3.63, 3.8) is 0 Å². The first-order valence-corrected chi connectivity index (χ1v) is 6.71. The van der Waals surface area contributed by atoms with Crippen molar-refractivity contribution < 1.29 is 4.74 Å². The summed E-state index contributed by atoms with van der Waals surface area (Å²) < 4.78 is 5.46. The molecule has 0 heterocycles. The molecular weight excluding hydrogens is 212 g/mol. The van der Waals surface area contributed by atoms with Gasteiger partial charge < -0.3 is 10.5 Å². The van der Waals surface area contributed by atoms with Gasteiger partial charge in [-0.05, 0) is 38.1 Å². The van der Waals surface area contributed by atoms with Gasteiger partial charge in [-0.15, -0.1) is 0 Å². The topological polar surface area (TPSA) is 38.5 Å². The molecule has 102 valence electrons. The SMILES string of the molecule is COCC(CN)(C1CC1)N(C)C(C)C(C)(C)C. The van der Waals surface area contributed by atoms with Crippen LogP contribution in [0.25, 0.3) is 0 Å². The summed E-state index contributed by atoms with van der Waals surface area (Å²) in [6.07, 6.45) is 2.59. The van der Waals surface area contributed by atoms with E-state index in [1.165, 1.54) is 12.8 Å². The highest BCUT2D eigenvalue weighted by Crippen LogP contribution is 2.44. The standard InChI is InChI=1S/C14H30N2O/c1-11(13(2,3)4)16(5)14(9-15,10-17-6)12-7-8-12/h11-12H,7-10,15H2,1-6H3. The minimum absolute atomic E-state index is 0.0292. The minimum Gasteiger partial charge on any atom is -0.383 e. The summed E-state index contributed by atoms with van der Waals surface area (Å²) in [4.78, 5) is 2.47. The minimum atomic E-state index is 0.0292. The van der Waals surface area contributed by atoms with Gasteiger partial charge in [0.25, 0.3) is 0 Å². The van der Waals surface area contributed by atoms with Gasteiger partial charge in [-0.2, -0.15) is 0 Å². The second-order valence-corrected chi connectivity index (χ2v) is 6.67. The molecule has 0 amide bonds. The zero-order valence-corrected chi connectivity index (χ0v) is 12.4. The highest BCUT2D eigenvalue weighted by atomic mass is 16.5. The maximum Gasteiger partial charge on any atom is 0.0661 e. The van der Waals surface area contributed by atoms with E-state index in [0.29, 0.717) is 18.5 Å². The van der Waals surface area contributed by atoms with Crippen LogP contribution in [0.2, 0.25) is 0 Å². The van der Waals surface area contributed by atoms with Crippen LogP contribution in [0.15, 0.2) is 0 Å². The van der Waals surface area contributed by atoms with Gasteiger partial charge in [-0.3, -0.25) is 4.90 Å². The highest BCUT2D eigenvalue weighted by molar-refractivity contribution is 5.05. The van der Waals surface area contributed by atoms with Gasteiger partial charge in [-0.1, -0.05) is 20.8 Å². The second-order valence-electron chi connectivity index (χ2n) is 6.67. The predicted molar refractivity (Wildman–Crippen MR) is 73.1 cm³/mol. The largest absolute Gasteiger partial charge is 0.383 e. The van der Waals surface area contributed by atoms with Gasteiger partial charge in [0.1, 0.15) is 0 Å². The summed E-state index contributed by atoms with van der Waals surface area (Å²) in [5.41, 5.74) is 6.39. The Morgan fingerprint density at radius 2 is 1.88 bits per heavy atom. The lowest BCUT2D eigenvalue weighted by Crippen LogP contribution is -2.61. The van der Waals surface area contributed by atoms with E-state index in [2.05, 4.69) is 39.6 Å². The smallest absolute Gasteiger partial charge is 0.0661 e. The molecular formula is C14H30N2O. The van der Waals surface area contributed by atoms with Crippen molar-refractivity contribution in [2.75, 3.05) is 27.3 Å². The molecule has 0 aromatic heterocycles. The summed E-state index contributed by atoms with van der Waals surface area (Å²) in [5, 5.41) is 0. The summed E-state index contributed by atoms with van der Waals surface area (Å²) in [7, 11) is 3.99. The number of methoxy groups -OCH3 is 1. The molecule has 1 fully saturated rings. The van der Waals surface area contributed by atoms with Crippen molar-refractivity contribution >= 4 is 0 Å². The van der Waals surface area contributed by atoms with E-state index in [-0.39, 0.29) is 11.0 Å². The molecule has 0 bridgehead atoms. The van der Waals surface area contributed by atoms with Crippen LogP contribution in [0.3, 0.4) is 0 Å². The van der Waals surface area contributed by atoms with Crippen LogP contribution in [0, 0.1) is 11.3 Å². The number of likely N-dealkylation sites (N-methyl/N-ethyl adjacent to an activating group) is 1. The quantitative estimate of drug-likeness (QED) is 0.775. The maximum absolute atomic E-state index is 6.10. The third kappa shape index (κ3) is 3.01. The lowest BCUT2D eigenvalue weighted by atomic mass is 9.82. The van der Waals surface area contributed by atoms with Crippen molar-refractivity contribution in [2.45, 2.75) is 52.1 Å². The first-order valence-electron chi connectivity index (χ1n) is 6.71. The number of nitrogens with zero attached hydrogens (tertiary/aromatic N) is 1. The van der Waals surface area contributed by atoms with Gasteiger partial charge in [0, 0.05) is 19.7 Å².